The molecule has 34 heavy (non-hydrogen) atoms. The van der Waals surface area contributed by atoms with Crippen molar-refractivity contribution in [3.63, 3.8) is 0 Å². The zero-order chi connectivity index (χ0) is 25.1. The molecule has 5 rings (SSSR count). The van der Waals surface area contributed by atoms with Crippen LogP contribution in [0.4, 0.5) is 0 Å². The molecule has 4 N–H and O–H groups in total. The topological polar surface area (TPSA) is 80.9 Å². The second kappa shape index (κ2) is 7.33. The maximum absolute atomic E-state index is 11.3. The second-order valence-corrected chi connectivity index (χ2v) is 15.1. The van der Waals surface area contributed by atoms with E-state index < -0.39 is 17.6 Å². The summed E-state index contributed by atoms with van der Waals surface area (Å²) in [6.07, 6.45) is 8.78. The van der Waals surface area contributed by atoms with Gasteiger partial charge in [-0.1, -0.05) is 60.1 Å². The van der Waals surface area contributed by atoms with Crippen LogP contribution < -0.4 is 0 Å². The number of fused-ring (bicyclic) bond motifs is 7. The highest BCUT2D eigenvalue weighted by atomic mass is 16.3. The van der Waals surface area contributed by atoms with Crippen molar-refractivity contribution >= 4 is 0 Å². The van der Waals surface area contributed by atoms with Gasteiger partial charge in [0.1, 0.15) is 0 Å². The molecule has 0 radical (unpaired) electrons. The third kappa shape index (κ3) is 2.81. The number of aliphatic hydroxyl groups excluding tert-OH is 4. The van der Waals surface area contributed by atoms with Crippen molar-refractivity contribution in [2.45, 2.75) is 118 Å². The molecular weight excluding hydrogens is 424 g/mol. The van der Waals surface area contributed by atoms with Crippen molar-refractivity contribution in [1.82, 2.24) is 0 Å². The molecular formula is C30H50O4. The molecule has 0 unspecified atom stereocenters. The van der Waals surface area contributed by atoms with E-state index in [-0.39, 0.29) is 45.7 Å². The molecule has 194 valence electrons. The molecule has 0 aliphatic heterocycles. The fraction of sp³-hybridized carbons (Fsp3) is 0.933. The van der Waals surface area contributed by atoms with Crippen LogP contribution in [0.5, 0.6) is 0 Å². The third-order valence-electron chi connectivity index (χ3n) is 13.6. The molecule has 5 aliphatic rings. The Kier molecular flexibility index (Phi) is 5.44. The fourth-order valence-electron chi connectivity index (χ4n) is 10.7. The zero-order valence-corrected chi connectivity index (χ0v) is 22.7. The van der Waals surface area contributed by atoms with E-state index in [4.69, 9.17) is 0 Å². The first-order chi connectivity index (χ1) is 15.6. The SMILES string of the molecule is CC1(C)[C@H](O)CC[C@]2(C)[C@@H]1CC[C@]1(C)[C@@H]2CC=C2[C@H]3C[C@](C)(CO)[C@H](O)[C@@H](O)[C@]3(C)CC[C@]21C. The summed E-state index contributed by atoms with van der Waals surface area (Å²) in [5.41, 5.74) is 0.905. The maximum Gasteiger partial charge on any atom is 0.0880 e. The molecule has 0 spiro atoms. The van der Waals surface area contributed by atoms with Crippen LogP contribution in [0.3, 0.4) is 0 Å². The van der Waals surface area contributed by atoms with Crippen molar-refractivity contribution in [3.8, 4) is 0 Å². The van der Waals surface area contributed by atoms with E-state index in [1.807, 2.05) is 6.92 Å². The van der Waals surface area contributed by atoms with E-state index in [0.29, 0.717) is 11.8 Å². The summed E-state index contributed by atoms with van der Waals surface area (Å²) in [6.45, 7) is 16.2. The second-order valence-electron chi connectivity index (χ2n) is 15.1. The van der Waals surface area contributed by atoms with Crippen LogP contribution in [-0.4, -0.2) is 45.3 Å². The summed E-state index contributed by atoms with van der Waals surface area (Å²) in [4.78, 5) is 0. The van der Waals surface area contributed by atoms with Gasteiger partial charge in [-0.15, -0.1) is 0 Å². The number of hydrogen-bond acceptors (Lipinski definition) is 4. The summed E-state index contributed by atoms with van der Waals surface area (Å²) in [5, 5.41) is 43.4. The summed E-state index contributed by atoms with van der Waals surface area (Å²) < 4.78 is 0. The van der Waals surface area contributed by atoms with Crippen LogP contribution in [0, 0.1) is 50.2 Å². The Morgan fingerprint density at radius 3 is 2.12 bits per heavy atom. The monoisotopic (exact) mass is 474 g/mol. The predicted octanol–water partition coefficient (Wildman–Crippen LogP) is 5.08. The number of aliphatic hydroxyl groups is 4. The van der Waals surface area contributed by atoms with E-state index in [1.165, 1.54) is 18.4 Å². The highest BCUT2D eigenvalue weighted by Gasteiger charge is 2.69. The van der Waals surface area contributed by atoms with Crippen LogP contribution in [0.1, 0.15) is 99.8 Å². The first kappa shape index (κ1) is 25.2. The third-order valence-corrected chi connectivity index (χ3v) is 13.6. The molecule has 11 atom stereocenters. The average molecular weight is 475 g/mol. The Labute approximate surface area is 207 Å². The van der Waals surface area contributed by atoms with Crippen LogP contribution in [-0.2, 0) is 0 Å². The molecule has 0 amide bonds. The van der Waals surface area contributed by atoms with Crippen LogP contribution in [0.2, 0.25) is 0 Å². The van der Waals surface area contributed by atoms with E-state index in [0.717, 1.165) is 38.5 Å². The first-order valence-corrected chi connectivity index (χ1v) is 14.0. The van der Waals surface area contributed by atoms with Crippen molar-refractivity contribution in [3.05, 3.63) is 11.6 Å². The minimum Gasteiger partial charge on any atom is -0.396 e. The van der Waals surface area contributed by atoms with Crippen molar-refractivity contribution in [1.29, 1.82) is 0 Å². The molecule has 0 aromatic heterocycles. The van der Waals surface area contributed by atoms with Gasteiger partial charge in [0.25, 0.3) is 0 Å². The molecule has 4 nitrogen and oxygen atoms in total. The summed E-state index contributed by atoms with van der Waals surface area (Å²) in [5.74, 6) is 1.32. The first-order valence-electron chi connectivity index (χ1n) is 14.0. The predicted molar refractivity (Wildman–Crippen MR) is 135 cm³/mol. The van der Waals surface area contributed by atoms with Gasteiger partial charge in [-0.05, 0) is 90.8 Å². The average Bonchev–Trinajstić information content (AvgIpc) is 2.77. The van der Waals surface area contributed by atoms with Gasteiger partial charge in [0.05, 0.1) is 24.9 Å². The van der Waals surface area contributed by atoms with Gasteiger partial charge in [-0.3, -0.25) is 0 Å². The summed E-state index contributed by atoms with van der Waals surface area (Å²) >= 11 is 0. The van der Waals surface area contributed by atoms with Crippen molar-refractivity contribution in [2.75, 3.05) is 6.61 Å². The molecule has 0 aromatic carbocycles. The van der Waals surface area contributed by atoms with Crippen molar-refractivity contribution in [2.24, 2.45) is 50.2 Å². The van der Waals surface area contributed by atoms with Gasteiger partial charge >= 0.3 is 0 Å². The van der Waals surface area contributed by atoms with Gasteiger partial charge in [-0.2, -0.15) is 0 Å². The Morgan fingerprint density at radius 1 is 0.794 bits per heavy atom. The Balaban J connectivity index is 1.58. The minimum atomic E-state index is -0.888. The maximum atomic E-state index is 11.3. The van der Waals surface area contributed by atoms with E-state index >= 15 is 0 Å². The molecule has 0 aromatic rings. The van der Waals surface area contributed by atoms with Crippen LogP contribution in [0.25, 0.3) is 0 Å². The quantitative estimate of drug-likeness (QED) is 0.399. The smallest absolute Gasteiger partial charge is 0.0880 e. The van der Waals surface area contributed by atoms with Gasteiger partial charge < -0.3 is 20.4 Å². The zero-order valence-electron chi connectivity index (χ0n) is 22.7. The van der Waals surface area contributed by atoms with Gasteiger partial charge in [0.2, 0.25) is 0 Å². The largest absolute Gasteiger partial charge is 0.396 e. The lowest BCUT2D eigenvalue weighted by Gasteiger charge is -2.71. The lowest BCUT2D eigenvalue weighted by atomic mass is 9.33. The number of rotatable bonds is 1. The molecule has 0 heterocycles. The molecule has 4 saturated carbocycles. The normalized spacial score (nSPS) is 58.6. The molecule has 0 saturated heterocycles. The standard InChI is InChI=1S/C30H50O4/c1-25(2)20-10-13-30(7)21(28(20,5)12-11-22(25)32)9-8-18-19-16-26(3,17-31)23(33)24(34)27(19,4)14-15-29(18,30)6/h8,19-24,31-34H,9-17H2,1-7H3/t19-,20-,21-,22-,23-,24-,26-,27-,28-,29-,30-/m1/s1. The lowest BCUT2D eigenvalue weighted by Crippen LogP contribution is -2.67. The van der Waals surface area contributed by atoms with E-state index in [1.54, 1.807) is 0 Å². The molecule has 4 fully saturated rings. The summed E-state index contributed by atoms with van der Waals surface area (Å²) in [7, 11) is 0. The number of allylic oxidation sites excluding steroid dienone is 2. The highest BCUT2D eigenvalue weighted by molar-refractivity contribution is 5.34. The van der Waals surface area contributed by atoms with Gasteiger partial charge in [0.15, 0.2) is 0 Å². The minimum absolute atomic E-state index is 0.0447. The van der Waals surface area contributed by atoms with Gasteiger partial charge in [0, 0.05) is 10.8 Å². The Hall–Kier alpha value is -0.420. The van der Waals surface area contributed by atoms with E-state index in [9.17, 15) is 20.4 Å². The molecule has 4 heteroatoms. The Morgan fingerprint density at radius 2 is 1.47 bits per heavy atom. The van der Waals surface area contributed by atoms with Crippen LogP contribution in [0.15, 0.2) is 11.6 Å². The van der Waals surface area contributed by atoms with Crippen LogP contribution >= 0.6 is 0 Å². The molecule has 0 bridgehead atoms. The highest BCUT2D eigenvalue weighted by Crippen LogP contribution is 2.75. The number of hydrogen-bond donors (Lipinski definition) is 4. The summed E-state index contributed by atoms with van der Waals surface area (Å²) in [6, 6.07) is 0. The van der Waals surface area contributed by atoms with Crippen molar-refractivity contribution < 1.29 is 20.4 Å². The van der Waals surface area contributed by atoms with Gasteiger partial charge in [-0.25, -0.2) is 0 Å². The van der Waals surface area contributed by atoms with E-state index in [2.05, 4.69) is 47.6 Å². The Bertz CT molecular complexity index is 881. The molecule has 5 aliphatic carbocycles. The fourth-order valence-corrected chi connectivity index (χ4v) is 10.7. The lowest BCUT2D eigenvalue weighted by molar-refractivity contribution is -0.222.